The number of hydrogen-bond acceptors (Lipinski definition) is 9. The van der Waals surface area contributed by atoms with Crippen molar-refractivity contribution >= 4 is 39.6 Å². The molecule has 238 valence electrons. The van der Waals surface area contributed by atoms with Crippen LogP contribution in [-0.2, 0) is 35.5 Å². The third-order valence-electron chi connectivity index (χ3n) is 7.18. The van der Waals surface area contributed by atoms with Gasteiger partial charge in [-0.1, -0.05) is 24.3 Å². The third kappa shape index (κ3) is 8.47. The highest BCUT2D eigenvalue weighted by Gasteiger charge is 2.30. The number of methoxy groups -OCH3 is 1. The molecule has 2 aromatic rings. The van der Waals surface area contributed by atoms with Gasteiger partial charge in [0.05, 0.1) is 25.0 Å². The molecule has 3 amide bonds. The van der Waals surface area contributed by atoms with E-state index in [1.165, 1.54) is 17.0 Å². The number of piperazine rings is 1. The zero-order valence-corrected chi connectivity index (χ0v) is 26.2. The molecule has 13 nitrogen and oxygen atoms in total. The lowest BCUT2D eigenvalue weighted by molar-refractivity contribution is -0.141. The van der Waals surface area contributed by atoms with Gasteiger partial charge < -0.3 is 29.5 Å². The van der Waals surface area contributed by atoms with Crippen LogP contribution < -0.4 is 14.9 Å². The molecule has 4 rings (SSSR count). The van der Waals surface area contributed by atoms with Crippen molar-refractivity contribution in [1.82, 2.24) is 19.8 Å². The molecule has 0 saturated carbocycles. The Hall–Kier alpha value is -4.17. The van der Waals surface area contributed by atoms with Crippen LogP contribution in [0.25, 0.3) is 0 Å². The van der Waals surface area contributed by atoms with E-state index in [2.05, 4.69) is 19.7 Å². The Labute approximate surface area is 257 Å². The molecule has 0 spiro atoms. The molecule has 0 bridgehead atoms. The number of anilines is 1. The molecule has 0 unspecified atom stereocenters. The lowest BCUT2D eigenvalue weighted by Gasteiger charge is -2.37. The van der Waals surface area contributed by atoms with E-state index in [0.717, 1.165) is 18.4 Å². The molecule has 1 atom stereocenters. The van der Waals surface area contributed by atoms with Gasteiger partial charge in [0.2, 0.25) is 15.9 Å². The fourth-order valence-corrected chi connectivity index (χ4v) is 6.14. The van der Waals surface area contributed by atoms with Crippen LogP contribution in [0.1, 0.15) is 43.1 Å². The van der Waals surface area contributed by atoms with Crippen molar-refractivity contribution in [2.75, 3.05) is 51.3 Å². The standard InChI is InChI=1S/C30H39N5O8S/c1-30(2,3)43-29(39)34-16-14-33(15-17-34)22-11-10-21-12-13-35(28(38)24(21)18-22)20-26(36)31-25(19-27(37)42-4)32-44(40,41)23-8-6-5-7-9-23/h5-11,18,25,32H,12-17,19-20H2,1-4H3,(H,31,36)/t25-/m1/s1. The minimum absolute atomic E-state index is 0.0333. The quantitative estimate of drug-likeness (QED) is 0.312. The summed E-state index contributed by atoms with van der Waals surface area (Å²) in [5.74, 6) is -1.69. The number of nitrogens with zero attached hydrogens (tertiary/aromatic N) is 3. The molecular weight excluding hydrogens is 590 g/mol. The Balaban J connectivity index is 1.39. The van der Waals surface area contributed by atoms with E-state index in [-0.39, 0.29) is 23.4 Å². The summed E-state index contributed by atoms with van der Waals surface area (Å²) in [6.07, 6.45) is -1.56. The second-order valence-corrected chi connectivity index (χ2v) is 13.3. The molecule has 1 fully saturated rings. The summed E-state index contributed by atoms with van der Waals surface area (Å²) in [5.41, 5.74) is 1.60. The van der Waals surface area contributed by atoms with Gasteiger partial charge in [0.25, 0.3) is 5.91 Å². The molecular formula is C30H39N5O8S. The molecule has 2 aliphatic rings. The zero-order valence-electron chi connectivity index (χ0n) is 25.4. The number of esters is 1. The number of fused-ring (bicyclic) bond motifs is 1. The number of rotatable bonds is 9. The first-order valence-electron chi connectivity index (χ1n) is 14.3. The van der Waals surface area contributed by atoms with E-state index in [1.807, 2.05) is 32.9 Å². The van der Waals surface area contributed by atoms with E-state index >= 15 is 0 Å². The Morgan fingerprint density at radius 1 is 0.977 bits per heavy atom. The van der Waals surface area contributed by atoms with Crippen LogP contribution in [0.2, 0.25) is 0 Å². The monoisotopic (exact) mass is 629 g/mol. The number of benzene rings is 2. The van der Waals surface area contributed by atoms with E-state index in [1.54, 1.807) is 29.2 Å². The minimum Gasteiger partial charge on any atom is -0.469 e. The average molecular weight is 630 g/mol. The predicted molar refractivity (Wildman–Crippen MR) is 161 cm³/mol. The van der Waals surface area contributed by atoms with Gasteiger partial charge >= 0.3 is 12.1 Å². The molecule has 2 heterocycles. The number of carbonyl (C=O) groups excluding carboxylic acids is 4. The van der Waals surface area contributed by atoms with Crippen molar-refractivity contribution in [1.29, 1.82) is 0 Å². The minimum atomic E-state index is -4.06. The van der Waals surface area contributed by atoms with Gasteiger partial charge in [0, 0.05) is 44.0 Å². The summed E-state index contributed by atoms with van der Waals surface area (Å²) in [6, 6.07) is 13.2. The van der Waals surface area contributed by atoms with Gasteiger partial charge in [0.15, 0.2) is 0 Å². The number of amides is 3. The zero-order chi connectivity index (χ0) is 32.1. The van der Waals surface area contributed by atoms with Crippen molar-refractivity contribution in [3.8, 4) is 0 Å². The van der Waals surface area contributed by atoms with Crippen molar-refractivity contribution in [2.45, 2.75) is 50.3 Å². The molecule has 2 aliphatic heterocycles. The lowest BCUT2D eigenvalue weighted by atomic mass is 9.97. The molecule has 2 N–H and O–H groups in total. The third-order valence-corrected chi connectivity index (χ3v) is 8.67. The maximum absolute atomic E-state index is 13.5. The Morgan fingerprint density at radius 2 is 1.66 bits per heavy atom. The molecule has 44 heavy (non-hydrogen) atoms. The highest BCUT2D eigenvalue weighted by molar-refractivity contribution is 7.89. The Bertz CT molecular complexity index is 1480. The van der Waals surface area contributed by atoms with Gasteiger partial charge in [-0.25, -0.2) is 13.2 Å². The number of hydrogen-bond donors (Lipinski definition) is 2. The fourth-order valence-electron chi connectivity index (χ4n) is 4.97. The second-order valence-electron chi connectivity index (χ2n) is 11.6. The van der Waals surface area contributed by atoms with E-state index in [4.69, 9.17) is 4.74 Å². The Kier molecular flexibility index (Phi) is 10.1. The highest BCUT2D eigenvalue weighted by Crippen LogP contribution is 2.26. The molecule has 14 heteroatoms. The van der Waals surface area contributed by atoms with Crippen LogP contribution in [0, 0.1) is 0 Å². The summed E-state index contributed by atoms with van der Waals surface area (Å²) < 4.78 is 38.1. The highest BCUT2D eigenvalue weighted by atomic mass is 32.2. The lowest BCUT2D eigenvalue weighted by Crippen LogP contribution is -2.52. The van der Waals surface area contributed by atoms with Crippen molar-refractivity contribution in [2.24, 2.45) is 0 Å². The summed E-state index contributed by atoms with van der Waals surface area (Å²) >= 11 is 0. The molecule has 0 radical (unpaired) electrons. The molecule has 1 saturated heterocycles. The summed E-state index contributed by atoms with van der Waals surface area (Å²) in [7, 11) is -2.90. The van der Waals surface area contributed by atoms with Gasteiger partial charge in [-0.15, -0.1) is 0 Å². The van der Waals surface area contributed by atoms with Gasteiger partial charge in [-0.3, -0.25) is 14.4 Å². The first kappa shape index (κ1) is 32.7. The summed E-state index contributed by atoms with van der Waals surface area (Å²) in [5, 5.41) is 2.52. The largest absolute Gasteiger partial charge is 0.469 e. The Morgan fingerprint density at radius 3 is 2.30 bits per heavy atom. The molecule has 0 aromatic heterocycles. The first-order chi connectivity index (χ1) is 20.8. The van der Waals surface area contributed by atoms with Gasteiger partial charge in [-0.05, 0) is 57.0 Å². The van der Waals surface area contributed by atoms with Crippen LogP contribution in [0.15, 0.2) is 53.4 Å². The van der Waals surface area contributed by atoms with Crippen LogP contribution in [-0.4, -0.2) is 100 Å². The van der Waals surface area contributed by atoms with Gasteiger partial charge in [0.1, 0.15) is 11.8 Å². The van der Waals surface area contributed by atoms with Crippen molar-refractivity contribution in [3.63, 3.8) is 0 Å². The molecule has 2 aromatic carbocycles. The normalized spacial score (nSPS) is 16.2. The number of nitrogens with one attached hydrogen (secondary N) is 2. The summed E-state index contributed by atoms with van der Waals surface area (Å²) in [4.78, 5) is 56.0. The first-order valence-corrected chi connectivity index (χ1v) is 15.8. The number of ether oxygens (including phenoxy) is 2. The number of carbonyl (C=O) groups is 4. The van der Waals surface area contributed by atoms with Crippen molar-refractivity contribution < 1.29 is 37.1 Å². The maximum atomic E-state index is 13.5. The predicted octanol–water partition coefficient (Wildman–Crippen LogP) is 1.73. The van der Waals surface area contributed by atoms with E-state index in [0.29, 0.717) is 44.7 Å². The summed E-state index contributed by atoms with van der Waals surface area (Å²) in [6.45, 7) is 7.54. The molecule has 0 aliphatic carbocycles. The SMILES string of the molecule is COC(=O)C[C@H](NC(=O)CN1CCc2ccc(N3CCN(C(=O)OC(C)(C)C)CC3)cc2C1=O)NS(=O)(=O)c1ccccc1. The second kappa shape index (κ2) is 13.6. The van der Waals surface area contributed by atoms with Crippen LogP contribution in [0.4, 0.5) is 10.5 Å². The van der Waals surface area contributed by atoms with Gasteiger partial charge in [-0.2, -0.15) is 4.72 Å². The smallest absolute Gasteiger partial charge is 0.410 e. The van der Waals surface area contributed by atoms with Crippen LogP contribution >= 0.6 is 0 Å². The van der Waals surface area contributed by atoms with Crippen molar-refractivity contribution in [3.05, 3.63) is 59.7 Å². The van der Waals surface area contributed by atoms with Crippen LogP contribution in [0.5, 0.6) is 0 Å². The average Bonchev–Trinajstić information content (AvgIpc) is 2.98. The maximum Gasteiger partial charge on any atom is 0.410 e. The fraction of sp³-hybridized carbons (Fsp3) is 0.467. The van der Waals surface area contributed by atoms with Crippen LogP contribution in [0.3, 0.4) is 0 Å². The van der Waals surface area contributed by atoms with E-state index < -0.39 is 40.1 Å². The van der Waals surface area contributed by atoms with E-state index in [9.17, 15) is 27.6 Å². The number of sulfonamides is 1. The topological polar surface area (TPSA) is 155 Å².